The maximum atomic E-state index is 12.9. The molecular weight excluding hydrogens is 296 g/mol. The Kier molecular flexibility index (Phi) is 4.85. The van der Waals surface area contributed by atoms with Crippen molar-refractivity contribution < 1.29 is 19.1 Å². The summed E-state index contributed by atoms with van der Waals surface area (Å²) < 4.78 is 11.3. The highest BCUT2D eigenvalue weighted by atomic mass is 16.7. The highest BCUT2D eigenvalue weighted by Crippen LogP contribution is 2.37. The summed E-state index contributed by atoms with van der Waals surface area (Å²) in [5.74, 6) is 1.03. The van der Waals surface area contributed by atoms with Crippen molar-refractivity contribution in [2.45, 2.75) is 31.7 Å². The lowest BCUT2D eigenvalue weighted by Gasteiger charge is -2.36. The summed E-state index contributed by atoms with van der Waals surface area (Å²) in [7, 11) is 0. The summed E-state index contributed by atoms with van der Waals surface area (Å²) in [6.07, 6.45) is 4.33. The van der Waals surface area contributed by atoms with Crippen molar-refractivity contribution in [3.63, 3.8) is 0 Å². The molecule has 6 heteroatoms. The summed E-state index contributed by atoms with van der Waals surface area (Å²) in [5.41, 5.74) is 0. The van der Waals surface area contributed by atoms with Crippen molar-refractivity contribution in [2.75, 3.05) is 52.7 Å². The SMILES string of the molecule is O=C([C@@H]1COC[C@@H]2CN(C3CCOCC3)C[C@@H]21)N1CCCCO1. The van der Waals surface area contributed by atoms with Crippen molar-refractivity contribution in [3.05, 3.63) is 0 Å². The summed E-state index contributed by atoms with van der Waals surface area (Å²) in [5, 5.41) is 1.61. The van der Waals surface area contributed by atoms with Gasteiger partial charge in [-0.15, -0.1) is 0 Å². The fraction of sp³-hybridized carbons (Fsp3) is 0.941. The molecule has 0 aromatic carbocycles. The lowest BCUT2D eigenvalue weighted by atomic mass is 9.82. The molecule has 0 unspecified atom stereocenters. The Balaban J connectivity index is 1.41. The Bertz CT molecular complexity index is 421. The molecule has 0 aliphatic carbocycles. The first-order valence-corrected chi connectivity index (χ1v) is 9.17. The van der Waals surface area contributed by atoms with Gasteiger partial charge in [-0.2, -0.15) is 0 Å². The van der Waals surface area contributed by atoms with Crippen LogP contribution in [-0.2, 0) is 19.1 Å². The average Bonchev–Trinajstić information content (AvgIpc) is 3.07. The van der Waals surface area contributed by atoms with E-state index in [9.17, 15) is 4.79 Å². The number of nitrogens with zero attached hydrogens (tertiary/aromatic N) is 2. The zero-order valence-corrected chi connectivity index (χ0v) is 13.8. The highest BCUT2D eigenvalue weighted by molar-refractivity contribution is 5.78. The standard InChI is InChI=1S/C17H28N2O4/c20-17(19-5-1-2-6-23-19)16-12-22-11-13-9-18(10-15(13)16)14-3-7-21-8-4-14/h13-16H,1-12H2/t13-,15-,16+/m0/s1. The zero-order chi connectivity index (χ0) is 15.6. The second-order valence-corrected chi connectivity index (χ2v) is 7.35. The van der Waals surface area contributed by atoms with Crippen LogP contribution in [0.1, 0.15) is 25.7 Å². The molecular formula is C17H28N2O4. The molecule has 23 heavy (non-hydrogen) atoms. The summed E-state index contributed by atoms with van der Waals surface area (Å²) in [6, 6.07) is 0.622. The van der Waals surface area contributed by atoms with Crippen LogP contribution in [0, 0.1) is 17.8 Å². The van der Waals surface area contributed by atoms with Crippen LogP contribution in [0.3, 0.4) is 0 Å². The first-order valence-electron chi connectivity index (χ1n) is 9.17. The van der Waals surface area contributed by atoms with Crippen molar-refractivity contribution in [2.24, 2.45) is 17.8 Å². The molecule has 0 radical (unpaired) electrons. The molecule has 4 fully saturated rings. The Morgan fingerprint density at radius 1 is 0.957 bits per heavy atom. The Labute approximate surface area is 138 Å². The average molecular weight is 324 g/mol. The van der Waals surface area contributed by atoms with Gasteiger partial charge in [0, 0.05) is 38.9 Å². The van der Waals surface area contributed by atoms with E-state index in [1.807, 2.05) is 0 Å². The van der Waals surface area contributed by atoms with E-state index in [2.05, 4.69) is 4.90 Å². The molecule has 0 aromatic rings. The van der Waals surface area contributed by atoms with E-state index in [0.29, 0.717) is 31.1 Å². The van der Waals surface area contributed by atoms with Crippen molar-refractivity contribution in [1.29, 1.82) is 0 Å². The fourth-order valence-electron chi connectivity index (χ4n) is 4.59. The molecule has 0 bridgehead atoms. The molecule has 4 aliphatic rings. The number of hydrogen-bond donors (Lipinski definition) is 0. The second-order valence-electron chi connectivity index (χ2n) is 7.35. The van der Waals surface area contributed by atoms with Gasteiger partial charge in [-0.1, -0.05) is 0 Å². The van der Waals surface area contributed by atoms with Crippen LogP contribution in [0.15, 0.2) is 0 Å². The zero-order valence-electron chi connectivity index (χ0n) is 13.8. The summed E-state index contributed by atoms with van der Waals surface area (Å²) >= 11 is 0. The minimum Gasteiger partial charge on any atom is -0.381 e. The maximum Gasteiger partial charge on any atom is 0.251 e. The molecule has 6 nitrogen and oxygen atoms in total. The molecule has 3 atom stereocenters. The van der Waals surface area contributed by atoms with Crippen molar-refractivity contribution >= 4 is 5.91 Å². The normalized spacial score (nSPS) is 36.9. The molecule has 0 aromatic heterocycles. The van der Waals surface area contributed by atoms with Crippen LogP contribution in [0.2, 0.25) is 0 Å². The van der Waals surface area contributed by atoms with Crippen LogP contribution in [0.4, 0.5) is 0 Å². The molecule has 0 N–H and O–H groups in total. The van der Waals surface area contributed by atoms with Gasteiger partial charge in [0.1, 0.15) is 0 Å². The number of hydrogen-bond acceptors (Lipinski definition) is 5. The van der Waals surface area contributed by atoms with E-state index >= 15 is 0 Å². The topological polar surface area (TPSA) is 51.2 Å². The van der Waals surface area contributed by atoms with Crippen molar-refractivity contribution in [1.82, 2.24) is 9.96 Å². The van der Waals surface area contributed by atoms with Gasteiger partial charge in [0.05, 0.1) is 25.7 Å². The van der Waals surface area contributed by atoms with Gasteiger partial charge in [-0.3, -0.25) is 14.5 Å². The van der Waals surface area contributed by atoms with Crippen LogP contribution < -0.4 is 0 Å². The third-order valence-electron chi connectivity index (χ3n) is 5.94. The first-order chi connectivity index (χ1) is 11.3. The van der Waals surface area contributed by atoms with Gasteiger partial charge in [0.15, 0.2) is 0 Å². The molecule has 4 saturated heterocycles. The van der Waals surface area contributed by atoms with E-state index in [1.54, 1.807) is 5.06 Å². The van der Waals surface area contributed by atoms with Gasteiger partial charge < -0.3 is 9.47 Å². The number of rotatable bonds is 2. The van der Waals surface area contributed by atoms with Crippen LogP contribution in [-0.4, -0.2) is 74.6 Å². The van der Waals surface area contributed by atoms with Gasteiger partial charge in [-0.25, -0.2) is 5.06 Å². The smallest absolute Gasteiger partial charge is 0.251 e. The summed E-state index contributed by atoms with van der Waals surface area (Å²) in [6.45, 7) is 6.60. The number of carbonyl (C=O) groups excluding carboxylic acids is 1. The number of fused-ring (bicyclic) bond motifs is 1. The largest absolute Gasteiger partial charge is 0.381 e. The quantitative estimate of drug-likeness (QED) is 0.756. The second kappa shape index (κ2) is 7.05. The molecule has 130 valence electrons. The van der Waals surface area contributed by atoms with Gasteiger partial charge in [0.25, 0.3) is 5.91 Å². The molecule has 4 aliphatic heterocycles. The Morgan fingerprint density at radius 3 is 2.61 bits per heavy atom. The lowest BCUT2D eigenvalue weighted by molar-refractivity contribution is -0.207. The number of carbonyl (C=O) groups is 1. The molecule has 4 rings (SSSR count). The predicted molar refractivity (Wildman–Crippen MR) is 83.6 cm³/mol. The third kappa shape index (κ3) is 3.27. The van der Waals surface area contributed by atoms with Gasteiger partial charge in [0.2, 0.25) is 0 Å². The maximum absolute atomic E-state index is 12.9. The molecule has 0 saturated carbocycles. The first kappa shape index (κ1) is 15.8. The van der Waals surface area contributed by atoms with Gasteiger partial charge >= 0.3 is 0 Å². The Morgan fingerprint density at radius 2 is 1.83 bits per heavy atom. The fourth-order valence-corrected chi connectivity index (χ4v) is 4.59. The van der Waals surface area contributed by atoms with E-state index in [1.165, 1.54) is 0 Å². The van der Waals surface area contributed by atoms with Crippen LogP contribution >= 0.6 is 0 Å². The number of amides is 1. The number of ether oxygens (including phenoxy) is 2. The van der Waals surface area contributed by atoms with Crippen LogP contribution in [0.25, 0.3) is 0 Å². The minimum atomic E-state index is -0.0308. The number of likely N-dealkylation sites (tertiary alicyclic amines) is 1. The number of hydroxylamine groups is 2. The molecule has 4 heterocycles. The van der Waals surface area contributed by atoms with E-state index in [-0.39, 0.29) is 11.8 Å². The lowest BCUT2D eigenvalue weighted by Crippen LogP contribution is -2.47. The highest BCUT2D eigenvalue weighted by Gasteiger charge is 2.46. The third-order valence-corrected chi connectivity index (χ3v) is 5.94. The predicted octanol–water partition coefficient (Wildman–Crippen LogP) is 0.914. The van der Waals surface area contributed by atoms with E-state index < -0.39 is 0 Å². The van der Waals surface area contributed by atoms with E-state index in [4.69, 9.17) is 14.3 Å². The Hall–Kier alpha value is -0.690. The van der Waals surface area contributed by atoms with E-state index in [0.717, 1.165) is 65.1 Å². The van der Waals surface area contributed by atoms with Crippen molar-refractivity contribution in [3.8, 4) is 0 Å². The van der Waals surface area contributed by atoms with Gasteiger partial charge in [-0.05, 0) is 37.5 Å². The summed E-state index contributed by atoms with van der Waals surface area (Å²) in [4.78, 5) is 21.0. The monoisotopic (exact) mass is 324 g/mol. The molecule has 1 amide bonds. The molecule has 0 spiro atoms. The minimum absolute atomic E-state index is 0.0308. The van der Waals surface area contributed by atoms with Crippen LogP contribution in [0.5, 0.6) is 0 Å².